The van der Waals surface area contributed by atoms with E-state index < -0.39 is 13.7 Å². The molecule has 0 aliphatic rings. The summed E-state index contributed by atoms with van der Waals surface area (Å²) in [6.07, 6.45) is -0.189. The van der Waals surface area contributed by atoms with Gasteiger partial charge in [0.05, 0.1) is 25.5 Å². The van der Waals surface area contributed by atoms with Crippen LogP contribution in [0, 0.1) is 0 Å². The fourth-order valence-electron chi connectivity index (χ4n) is 1.53. The lowest BCUT2D eigenvalue weighted by atomic mass is 10.2. The van der Waals surface area contributed by atoms with Gasteiger partial charge in [0.15, 0.2) is 0 Å². The van der Waals surface area contributed by atoms with Gasteiger partial charge in [0.2, 0.25) is 0 Å². The van der Waals surface area contributed by atoms with Crippen molar-refractivity contribution in [2.75, 3.05) is 27.0 Å². The van der Waals surface area contributed by atoms with Crippen molar-refractivity contribution in [1.29, 1.82) is 0 Å². The summed E-state index contributed by atoms with van der Waals surface area (Å²) in [4.78, 5) is 0. The van der Waals surface area contributed by atoms with Crippen molar-refractivity contribution in [1.82, 2.24) is 0 Å². The number of hydrogen-bond donors (Lipinski definition) is 1. The van der Waals surface area contributed by atoms with Gasteiger partial charge in [-0.1, -0.05) is 30.3 Å². The summed E-state index contributed by atoms with van der Waals surface area (Å²) in [6, 6.07) is 9.71. The molecule has 0 amide bonds. The fraction of sp³-hybridized carbons (Fsp3) is 0.538. The van der Waals surface area contributed by atoms with Crippen LogP contribution in [0.4, 0.5) is 0 Å². The van der Waals surface area contributed by atoms with E-state index in [-0.39, 0.29) is 12.8 Å². The maximum absolute atomic E-state index is 11.8. The molecule has 0 unspecified atom stereocenters. The lowest BCUT2D eigenvalue weighted by Crippen LogP contribution is -2.17. The third-order valence-electron chi connectivity index (χ3n) is 2.71. The van der Waals surface area contributed by atoms with Gasteiger partial charge in [-0.2, -0.15) is 0 Å². The molecular weight excluding hydrogens is 267 g/mol. The minimum Gasteiger partial charge on any atom is -0.391 e. The van der Waals surface area contributed by atoms with Crippen molar-refractivity contribution in [2.45, 2.75) is 19.1 Å². The Bertz CT molecular complexity index is 387. The Balaban J connectivity index is 2.21. The number of aliphatic hydroxyl groups is 1. The van der Waals surface area contributed by atoms with E-state index in [9.17, 15) is 9.67 Å². The molecule has 0 bridgehead atoms. The fourth-order valence-corrected chi connectivity index (χ4v) is 2.66. The molecule has 0 aliphatic carbocycles. The summed E-state index contributed by atoms with van der Waals surface area (Å²) >= 11 is 0. The first-order valence-corrected chi connectivity index (χ1v) is 7.82. The SMILES string of the molecule is COP(=O)(CC[C@@H](O)COCc1ccccc1)OC. The average molecular weight is 288 g/mol. The Labute approximate surface area is 114 Å². The van der Waals surface area contributed by atoms with Crippen molar-refractivity contribution in [2.24, 2.45) is 0 Å². The van der Waals surface area contributed by atoms with E-state index in [0.29, 0.717) is 13.0 Å². The Morgan fingerprint density at radius 3 is 2.42 bits per heavy atom. The van der Waals surface area contributed by atoms with Crippen LogP contribution in [-0.4, -0.2) is 38.2 Å². The molecule has 1 rings (SSSR count). The molecule has 0 spiro atoms. The van der Waals surface area contributed by atoms with Crippen LogP contribution in [0.3, 0.4) is 0 Å². The molecule has 0 saturated carbocycles. The molecule has 1 aromatic carbocycles. The van der Waals surface area contributed by atoms with Crippen LogP contribution < -0.4 is 0 Å². The monoisotopic (exact) mass is 288 g/mol. The standard InChI is InChI=1S/C13H21O5P/c1-16-19(15,17-2)9-8-13(14)11-18-10-12-6-4-3-5-7-12/h3-7,13-14H,8-11H2,1-2H3/t13-/m1/s1. The molecule has 1 N–H and O–H groups in total. The molecule has 0 heterocycles. The lowest BCUT2D eigenvalue weighted by molar-refractivity contribution is 0.0266. The highest BCUT2D eigenvalue weighted by molar-refractivity contribution is 7.53. The molecule has 19 heavy (non-hydrogen) atoms. The van der Waals surface area contributed by atoms with Crippen molar-refractivity contribution >= 4 is 7.60 Å². The van der Waals surface area contributed by atoms with Crippen LogP contribution in [-0.2, 0) is 25.0 Å². The van der Waals surface area contributed by atoms with Gasteiger partial charge in [-0.3, -0.25) is 4.57 Å². The van der Waals surface area contributed by atoms with Crippen molar-refractivity contribution in [3.05, 3.63) is 35.9 Å². The van der Waals surface area contributed by atoms with Gasteiger partial charge >= 0.3 is 7.60 Å². The van der Waals surface area contributed by atoms with Gasteiger partial charge in [-0.05, 0) is 12.0 Å². The van der Waals surface area contributed by atoms with E-state index in [0.717, 1.165) is 5.56 Å². The minimum atomic E-state index is -3.04. The summed E-state index contributed by atoms with van der Waals surface area (Å²) in [5.41, 5.74) is 1.05. The smallest absolute Gasteiger partial charge is 0.330 e. The molecule has 0 aromatic heterocycles. The quantitative estimate of drug-likeness (QED) is 0.707. The zero-order chi connectivity index (χ0) is 14.1. The summed E-state index contributed by atoms with van der Waals surface area (Å²) in [6.45, 7) is 0.645. The van der Waals surface area contributed by atoms with Gasteiger partial charge in [0.25, 0.3) is 0 Å². The van der Waals surface area contributed by atoms with Crippen LogP contribution in [0.2, 0.25) is 0 Å². The van der Waals surface area contributed by atoms with Gasteiger partial charge < -0.3 is 18.9 Å². The van der Waals surface area contributed by atoms with Crippen LogP contribution in [0.1, 0.15) is 12.0 Å². The Kier molecular flexibility index (Phi) is 7.28. The van der Waals surface area contributed by atoms with Crippen LogP contribution in [0.25, 0.3) is 0 Å². The number of hydrogen-bond acceptors (Lipinski definition) is 5. The third-order valence-corrected chi connectivity index (χ3v) is 4.63. The second-order valence-corrected chi connectivity index (χ2v) is 6.54. The first kappa shape index (κ1) is 16.3. The highest BCUT2D eigenvalue weighted by Crippen LogP contribution is 2.46. The number of benzene rings is 1. The van der Waals surface area contributed by atoms with E-state index in [4.69, 9.17) is 13.8 Å². The normalized spacial score (nSPS) is 13.4. The average Bonchev–Trinajstić information content (AvgIpc) is 2.46. The summed E-state index contributed by atoms with van der Waals surface area (Å²) in [5, 5.41) is 9.72. The van der Waals surface area contributed by atoms with E-state index in [2.05, 4.69) is 0 Å². The number of ether oxygens (including phenoxy) is 1. The highest BCUT2D eigenvalue weighted by Gasteiger charge is 2.22. The van der Waals surface area contributed by atoms with E-state index in [1.54, 1.807) is 0 Å². The molecule has 1 atom stereocenters. The Morgan fingerprint density at radius 2 is 1.84 bits per heavy atom. The predicted octanol–water partition coefficient (Wildman–Crippen LogP) is 2.44. The number of aliphatic hydroxyl groups excluding tert-OH is 1. The molecule has 0 aliphatic heterocycles. The van der Waals surface area contributed by atoms with Gasteiger partial charge in [0.1, 0.15) is 0 Å². The zero-order valence-electron chi connectivity index (χ0n) is 11.3. The van der Waals surface area contributed by atoms with Crippen molar-refractivity contribution in [3.8, 4) is 0 Å². The molecule has 5 nitrogen and oxygen atoms in total. The summed E-state index contributed by atoms with van der Waals surface area (Å²) in [5.74, 6) is 0. The first-order chi connectivity index (χ1) is 9.09. The molecule has 0 radical (unpaired) electrons. The zero-order valence-corrected chi connectivity index (χ0v) is 12.2. The van der Waals surface area contributed by atoms with Crippen LogP contribution in [0.5, 0.6) is 0 Å². The largest absolute Gasteiger partial charge is 0.391 e. The summed E-state index contributed by atoms with van der Waals surface area (Å²) < 4.78 is 26.7. The first-order valence-electron chi connectivity index (χ1n) is 6.10. The molecule has 1 aromatic rings. The summed E-state index contributed by atoms with van der Waals surface area (Å²) in [7, 11) is -0.369. The molecule has 6 heteroatoms. The third kappa shape index (κ3) is 6.32. The van der Waals surface area contributed by atoms with Crippen molar-refractivity contribution < 1.29 is 23.5 Å². The molecule has 108 valence electrons. The maximum atomic E-state index is 11.8. The molecule has 0 fully saturated rings. The predicted molar refractivity (Wildman–Crippen MR) is 73.2 cm³/mol. The molecular formula is C13H21O5P. The second-order valence-electron chi connectivity index (χ2n) is 4.14. The van der Waals surface area contributed by atoms with Crippen LogP contribution in [0.15, 0.2) is 30.3 Å². The molecule has 0 saturated heterocycles. The Hall–Kier alpha value is -0.710. The van der Waals surface area contributed by atoms with Gasteiger partial charge in [-0.25, -0.2) is 0 Å². The van der Waals surface area contributed by atoms with Gasteiger partial charge in [0, 0.05) is 14.2 Å². The van der Waals surface area contributed by atoms with E-state index in [1.807, 2.05) is 30.3 Å². The second kappa shape index (κ2) is 8.46. The minimum absolute atomic E-state index is 0.176. The maximum Gasteiger partial charge on any atom is 0.330 e. The lowest BCUT2D eigenvalue weighted by Gasteiger charge is -2.16. The number of rotatable bonds is 9. The van der Waals surface area contributed by atoms with E-state index in [1.165, 1.54) is 14.2 Å². The van der Waals surface area contributed by atoms with E-state index >= 15 is 0 Å². The highest BCUT2D eigenvalue weighted by atomic mass is 31.2. The van der Waals surface area contributed by atoms with Gasteiger partial charge in [-0.15, -0.1) is 0 Å². The topological polar surface area (TPSA) is 65.0 Å². The van der Waals surface area contributed by atoms with Crippen molar-refractivity contribution in [3.63, 3.8) is 0 Å². The van der Waals surface area contributed by atoms with Crippen LogP contribution >= 0.6 is 7.60 Å². The Morgan fingerprint density at radius 1 is 1.21 bits per heavy atom.